The molecule has 0 fully saturated rings. The van der Waals surface area contributed by atoms with Gasteiger partial charge in [0, 0.05) is 18.8 Å². The number of aromatic nitrogens is 2. The molecule has 1 heterocycles. The first-order valence-corrected chi connectivity index (χ1v) is 6.12. The molecule has 2 aromatic rings. The molecule has 0 radical (unpaired) electrons. The van der Waals surface area contributed by atoms with Gasteiger partial charge in [-0.1, -0.05) is 12.1 Å². The highest BCUT2D eigenvalue weighted by Gasteiger charge is 2.24. The quantitative estimate of drug-likeness (QED) is 0.899. The summed E-state index contributed by atoms with van der Waals surface area (Å²) in [6, 6.07) is 9.33. The zero-order chi connectivity index (χ0) is 12.4. The number of nitrogens with one attached hydrogen (secondary N) is 1. The molecule has 4 heteroatoms. The van der Waals surface area contributed by atoms with Crippen molar-refractivity contribution in [3.8, 4) is 0 Å². The number of rotatable bonds is 3. The third kappa shape index (κ3) is 2.11. The molecule has 1 unspecified atom stereocenters. The summed E-state index contributed by atoms with van der Waals surface area (Å²) in [6.45, 7) is 0.661. The van der Waals surface area contributed by atoms with Gasteiger partial charge in [-0.05, 0) is 42.2 Å². The average molecular weight is 243 g/mol. The van der Waals surface area contributed by atoms with Crippen molar-refractivity contribution in [2.75, 3.05) is 0 Å². The Morgan fingerprint density at radius 1 is 1.28 bits per heavy atom. The lowest BCUT2D eigenvalue weighted by atomic mass is 10.1. The van der Waals surface area contributed by atoms with Crippen LogP contribution < -0.4 is 5.32 Å². The molecule has 1 atom stereocenters. The Bertz CT molecular complexity index is 542. The second-order valence-corrected chi connectivity index (χ2v) is 4.49. The molecule has 3 rings (SSSR count). The van der Waals surface area contributed by atoms with Crippen molar-refractivity contribution in [1.29, 1.82) is 0 Å². The van der Waals surface area contributed by atoms with Crippen LogP contribution in [0.3, 0.4) is 0 Å². The fraction of sp³-hybridized carbons (Fsp3) is 0.286. The van der Waals surface area contributed by atoms with E-state index in [1.807, 2.05) is 18.2 Å². The molecule has 0 saturated heterocycles. The zero-order valence-electron chi connectivity index (χ0n) is 9.94. The van der Waals surface area contributed by atoms with Crippen molar-refractivity contribution < 1.29 is 4.39 Å². The number of hydrogen-bond acceptors (Lipinski definition) is 3. The summed E-state index contributed by atoms with van der Waals surface area (Å²) in [5.41, 5.74) is 2.84. The van der Waals surface area contributed by atoms with Gasteiger partial charge < -0.3 is 5.32 Å². The molecular weight excluding hydrogens is 229 g/mol. The summed E-state index contributed by atoms with van der Waals surface area (Å²) in [5, 5.41) is 11.3. The van der Waals surface area contributed by atoms with Crippen molar-refractivity contribution in [2.24, 2.45) is 0 Å². The molecule has 0 amide bonds. The van der Waals surface area contributed by atoms with E-state index < -0.39 is 0 Å². The van der Waals surface area contributed by atoms with Gasteiger partial charge in [-0.25, -0.2) is 4.39 Å². The van der Waals surface area contributed by atoms with E-state index in [4.69, 9.17) is 0 Å². The van der Waals surface area contributed by atoms with Crippen molar-refractivity contribution in [3.63, 3.8) is 0 Å². The second kappa shape index (κ2) is 4.82. The lowest BCUT2D eigenvalue weighted by Crippen LogP contribution is -2.19. The number of hydrogen-bond donors (Lipinski definition) is 1. The Morgan fingerprint density at radius 2 is 2.22 bits per heavy atom. The van der Waals surface area contributed by atoms with Gasteiger partial charge in [0.2, 0.25) is 0 Å². The first-order chi connectivity index (χ1) is 8.84. The minimum atomic E-state index is -0.0868. The molecule has 1 aromatic carbocycles. The van der Waals surface area contributed by atoms with E-state index in [2.05, 4.69) is 15.5 Å². The highest BCUT2D eigenvalue weighted by molar-refractivity contribution is 5.35. The summed E-state index contributed by atoms with van der Waals surface area (Å²) < 4.78 is 13.6. The van der Waals surface area contributed by atoms with Crippen LogP contribution in [0.1, 0.15) is 29.3 Å². The van der Waals surface area contributed by atoms with Gasteiger partial charge in [0.05, 0.1) is 5.69 Å². The number of nitrogens with zero attached hydrogens (tertiary/aromatic N) is 2. The van der Waals surface area contributed by atoms with E-state index in [1.54, 1.807) is 12.3 Å². The minimum Gasteiger partial charge on any atom is -0.304 e. The van der Waals surface area contributed by atoms with Crippen molar-refractivity contribution in [3.05, 3.63) is 59.2 Å². The largest absolute Gasteiger partial charge is 0.304 e. The Kier molecular flexibility index (Phi) is 3.02. The van der Waals surface area contributed by atoms with Gasteiger partial charge in [0.1, 0.15) is 5.82 Å². The highest BCUT2D eigenvalue weighted by atomic mass is 19.1. The molecule has 92 valence electrons. The predicted molar refractivity (Wildman–Crippen MR) is 66.3 cm³/mol. The number of benzene rings is 1. The number of halogens is 1. The average Bonchev–Trinajstić information content (AvgIpc) is 2.82. The maximum atomic E-state index is 13.6. The minimum absolute atomic E-state index is 0.0868. The van der Waals surface area contributed by atoms with Crippen molar-refractivity contribution in [1.82, 2.24) is 15.5 Å². The molecule has 0 aliphatic heterocycles. The third-order valence-electron chi connectivity index (χ3n) is 3.37. The molecule has 1 aromatic heterocycles. The molecular formula is C14H14FN3. The molecule has 3 nitrogen and oxygen atoms in total. The Hall–Kier alpha value is -1.81. The molecule has 1 aliphatic carbocycles. The zero-order valence-corrected chi connectivity index (χ0v) is 9.94. The molecule has 0 saturated carbocycles. The van der Waals surface area contributed by atoms with Gasteiger partial charge >= 0.3 is 0 Å². The van der Waals surface area contributed by atoms with E-state index in [9.17, 15) is 4.39 Å². The lowest BCUT2D eigenvalue weighted by molar-refractivity contribution is 0.522. The highest BCUT2D eigenvalue weighted by Crippen LogP contribution is 2.32. The first-order valence-electron chi connectivity index (χ1n) is 6.12. The summed E-state index contributed by atoms with van der Waals surface area (Å²) in [7, 11) is 0. The van der Waals surface area contributed by atoms with Gasteiger partial charge in [0.25, 0.3) is 0 Å². The van der Waals surface area contributed by atoms with Gasteiger partial charge in [0.15, 0.2) is 0 Å². The molecule has 0 bridgehead atoms. The fourth-order valence-electron chi connectivity index (χ4n) is 2.48. The molecule has 18 heavy (non-hydrogen) atoms. The predicted octanol–water partition coefficient (Wildman–Crippen LogP) is 2.39. The summed E-state index contributed by atoms with van der Waals surface area (Å²) in [5.74, 6) is -0.0868. The summed E-state index contributed by atoms with van der Waals surface area (Å²) in [4.78, 5) is 0. The second-order valence-electron chi connectivity index (χ2n) is 4.49. The van der Waals surface area contributed by atoms with Crippen LogP contribution in [0.25, 0.3) is 0 Å². The number of fused-ring (bicyclic) bond motifs is 1. The maximum absolute atomic E-state index is 13.6. The lowest BCUT2D eigenvalue weighted by Gasteiger charge is -2.13. The fourth-order valence-corrected chi connectivity index (χ4v) is 2.48. The topological polar surface area (TPSA) is 37.8 Å². The monoisotopic (exact) mass is 243 g/mol. The van der Waals surface area contributed by atoms with Crippen LogP contribution in [0.15, 0.2) is 36.5 Å². The van der Waals surface area contributed by atoms with E-state index in [0.717, 1.165) is 29.7 Å². The molecule has 1 aliphatic rings. The molecule has 0 spiro atoms. The van der Waals surface area contributed by atoms with E-state index in [0.29, 0.717) is 6.54 Å². The summed E-state index contributed by atoms with van der Waals surface area (Å²) in [6.07, 6.45) is 3.40. The van der Waals surface area contributed by atoms with Gasteiger partial charge in [-0.2, -0.15) is 10.2 Å². The van der Waals surface area contributed by atoms with Gasteiger partial charge in [-0.3, -0.25) is 0 Å². The van der Waals surface area contributed by atoms with E-state index in [-0.39, 0.29) is 11.9 Å². The normalized spacial score (nSPS) is 17.7. The smallest absolute Gasteiger partial charge is 0.126 e. The first kappa shape index (κ1) is 11.3. The van der Waals surface area contributed by atoms with Crippen LogP contribution in [-0.4, -0.2) is 10.2 Å². The van der Waals surface area contributed by atoms with E-state index in [1.165, 1.54) is 6.07 Å². The van der Waals surface area contributed by atoms with Crippen LogP contribution >= 0.6 is 0 Å². The Morgan fingerprint density at radius 3 is 3.06 bits per heavy atom. The van der Waals surface area contributed by atoms with Gasteiger partial charge in [-0.15, -0.1) is 0 Å². The summed E-state index contributed by atoms with van der Waals surface area (Å²) >= 11 is 0. The van der Waals surface area contributed by atoms with Crippen LogP contribution in [0.4, 0.5) is 4.39 Å². The van der Waals surface area contributed by atoms with Crippen LogP contribution in [0, 0.1) is 5.82 Å². The maximum Gasteiger partial charge on any atom is 0.126 e. The van der Waals surface area contributed by atoms with Crippen molar-refractivity contribution >= 4 is 0 Å². The Labute approximate surface area is 105 Å². The van der Waals surface area contributed by atoms with Crippen LogP contribution in [-0.2, 0) is 13.0 Å². The van der Waals surface area contributed by atoms with Crippen LogP contribution in [0.2, 0.25) is 0 Å². The molecule has 1 N–H and O–H groups in total. The van der Waals surface area contributed by atoms with E-state index >= 15 is 0 Å². The van der Waals surface area contributed by atoms with Crippen molar-refractivity contribution in [2.45, 2.75) is 25.4 Å². The van der Waals surface area contributed by atoms with Crippen LogP contribution in [0.5, 0.6) is 0 Å². The Balaban J connectivity index is 1.72. The standard InChI is InChI=1S/C14H14FN3/c15-13-5-1-4-12-11(13)6-7-14(12)16-9-10-3-2-8-17-18-10/h1-5,8,14,16H,6-7,9H2. The third-order valence-corrected chi connectivity index (χ3v) is 3.37. The SMILES string of the molecule is Fc1cccc2c1CCC2NCc1cccnn1.